The van der Waals surface area contributed by atoms with Gasteiger partial charge in [0.05, 0.1) is 12.8 Å². The predicted octanol–water partition coefficient (Wildman–Crippen LogP) is 0.768. The molecule has 2 rings (SSSR count). The summed E-state index contributed by atoms with van der Waals surface area (Å²) in [6.45, 7) is 3.07. The Morgan fingerprint density at radius 2 is 2.17 bits per heavy atom. The van der Waals surface area contributed by atoms with Crippen LogP contribution in [0.1, 0.15) is 18.4 Å². The molecule has 0 saturated carbocycles. The third-order valence-electron chi connectivity index (χ3n) is 3.78. The van der Waals surface area contributed by atoms with Gasteiger partial charge in [-0.15, -0.1) is 0 Å². The summed E-state index contributed by atoms with van der Waals surface area (Å²) < 4.78 is 37.4. The van der Waals surface area contributed by atoms with Crippen LogP contribution >= 0.6 is 0 Å². The summed E-state index contributed by atoms with van der Waals surface area (Å²) >= 11 is 0. The van der Waals surface area contributed by atoms with Crippen LogP contribution in [0.25, 0.3) is 0 Å². The van der Waals surface area contributed by atoms with Gasteiger partial charge in [-0.2, -0.15) is 0 Å². The normalized spacial score (nSPS) is 18.7. The number of nitrogens with zero attached hydrogens (tertiary/aromatic N) is 1. The number of carbonyl (C=O) groups excluding carboxylic acids is 1. The van der Waals surface area contributed by atoms with Gasteiger partial charge in [-0.3, -0.25) is 4.79 Å². The van der Waals surface area contributed by atoms with E-state index in [-0.39, 0.29) is 24.3 Å². The largest absolute Gasteiger partial charge is 0.369 e. The highest BCUT2D eigenvalue weighted by Crippen LogP contribution is 2.24. The van der Waals surface area contributed by atoms with Crippen molar-refractivity contribution < 1.29 is 17.6 Å². The monoisotopic (exact) mass is 343 g/mol. The molecule has 1 aromatic carbocycles. The Balaban J connectivity index is 1.94. The van der Waals surface area contributed by atoms with Gasteiger partial charge in [-0.05, 0) is 43.5 Å². The zero-order chi connectivity index (χ0) is 17.0. The second kappa shape index (κ2) is 7.27. The third-order valence-corrected chi connectivity index (χ3v) is 4.45. The lowest BCUT2D eigenvalue weighted by Gasteiger charge is -2.35. The molecular formula is C15H22FN3O3S. The molecule has 1 heterocycles. The van der Waals surface area contributed by atoms with Crippen LogP contribution in [0, 0.1) is 12.7 Å². The average Bonchev–Trinajstić information content (AvgIpc) is 2.45. The van der Waals surface area contributed by atoms with Gasteiger partial charge in [0.15, 0.2) is 0 Å². The van der Waals surface area contributed by atoms with Gasteiger partial charge in [0, 0.05) is 24.8 Å². The number of sulfonamides is 1. The van der Waals surface area contributed by atoms with E-state index in [1.54, 1.807) is 6.07 Å². The van der Waals surface area contributed by atoms with Gasteiger partial charge >= 0.3 is 0 Å². The molecule has 128 valence electrons. The standard InChI is InChI=1S/C15H22FN3O3S/c1-11-8-12(16)5-6-14(11)19-7-3-4-13(10-19)18-15(20)9-17-23(2,21)22/h5-6,8,13,17H,3-4,7,9-10H2,1-2H3,(H,18,20). The summed E-state index contributed by atoms with van der Waals surface area (Å²) in [5, 5.41) is 2.84. The summed E-state index contributed by atoms with van der Waals surface area (Å²) in [6, 6.07) is 4.62. The van der Waals surface area contributed by atoms with Gasteiger partial charge in [0.1, 0.15) is 5.82 Å². The maximum atomic E-state index is 13.2. The molecule has 0 spiro atoms. The number of hydrogen-bond donors (Lipinski definition) is 2. The molecule has 0 radical (unpaired) electrons. The Bertz CT molecular complexity index is 679. The third kappa shape index (κ3) is 5.47. The van der Waals surface area contributed by atoms with Crippen LogP contribution in [0.15, 0.2) is 18.2 Å². The summed E-state index contributed by atoms with van der Waals surface area (Å²) in [5.74, 6) is -0.613. The fourth-order valence-electron chi connectivity index (χ4n) is 2.76. The average molecular weight is 343 g/mol. The number of aryl methyl sites for hydroxylation is 1. The van der Waals surface area contributed by atoms with Crippen LogP contribution in [0.5, 0.6) is 0 Å². The minimum atomic E-state index is -3.38. The van der Waals surface area contributed by atoms with Crippen molar-refractivity contribution in [1.29, 1.82) is 0 Å². The van der Waals surface area contributed by atoms with Gasteiger partial charge in [-0.1, -0.05) is 0 Å². The molecule has 1 fully saturated rings. The fourth-order valence-corrected chi connectivity index (χ4v) is 3.16. The van der Waals surface area contributed by atoms with Crippen LogP contribution in [-0.4, -0.2) is 46.3 Å². The first-order chi connectivity index (χ1) is 10.7. The van der Waals surface area contributed by atoms with Gasteiger partial charge < -0.3 is 10.2 Å². The Morgan fingerprint density at radius 1 is 1.43 bits per heavy atom. The van der Waals surface area contributed by atoms with Crippen molar-refractivity contribution >= 4 is 21.6 Å². The lowest BCUT2D eigenvalue weighted by Crippen LogP contribution is -2.50. The maximum Gasteiger partial charge on any atom is 0.235 e. The zero-order valence-electron chi connectivity index (χ0n) is 13.3. The number of piperidine rings is 1. The van der Waals surface area contributed by atoms with E-state index in [4.69, 9.17) is 0 Å². The summed E-state index contributed by atoms with van der Waals surface area (Å²) in [4.78, 5) is 13.9. The highest BCUT2D eigenvalue weighted by atomic mass is 32.2. The van der Waals surface area contributed by atoms with Crippen LogP contribution in [0.3, 0.4) is 0 Å². The number of nitrogens with one attached hydrogen (secondary N) is 2. The first-order valence-electron chi connectivity index (χ1n) is 7.50. The quantitative estimate of drug-likeness (QED) is 0.828. The number of carbonyl (C=O) groups is 1. The molecule has 1 aliphatic heterocycles. The van der Waals surface area contributed by atoms with Crippen molar-refractivity contribution in [2.45, 2.75) is 25.8 Å². The Kier molecular flexibility index (Phi) is 5.59. The van der Waals surface area contributed by atoms with E-state index in [0.717, 1.165) is 36.9 Å². The smallest absolute Gasteiger partial charge is 0.235 e. The molecule has 2 N–H and O–H groups in total. The van der Waals surface area contributed by atoms with E-state index < -0.39 is 10.0 Å². The SMILES string of the molecule is Cc1cc(F)ccc1N1CCCC(NC(=O)CNS(C)(=O)=O)C1. The molecule has 1 amide bonds. The van der Waals surface area contributed by atoms with E-state index in [9.17, 15) is 17.6 Å². The zero-order valence-corrected chi connectivity index (χ0v) is 14.1. The van der Waals surface area contributed by atoms with Crippen molar-refractivity contribution in [3.05, 3.63) is 29.6 Å². The number of anilines is 1. The second-order valence-corrected chi connectivity index (χ2v) is 7.71. The molecule has 0 bridgehead atoms. The fraction of sp³-hybridized carbons (Fsp3) is 0.533. The van der Waals surface area contributed by atoms with Gasteiger partial charge in [-0.25, -0.2) is 17.5 Å². The molecule has 23 heavy (non-hydrogen) atoms. The van der Waals surface area contributed by atoms with Crippen molar-refractivity contribution in [3.63, 3.8) is 0 Å². The minimum Gasteiger partial charge on any atom is -0.369 e. The molecule has 0 aromatic heterocycles. The minimum absolute atomic E-state index is 0.0536. The van der Waals surface area contributed by atoms with E-state index in [1.807, 2.05) is 6.92 Å². The van der Waals surface area contributed by atoms with Crippen LogP contribution < -0.4 is 14.9 Å². The van der Waals surface area contributed by atoms with E-state index in [2.05, 4.69) is 14.9 Å². The highest BCUT2D eigenvalue weighted by Gasteiger charge is 2.22. The molecule has 1 atom stereocenters. The molecule has 1 unspecified atom stereocenters. The molecule has 1 saturated heterocycles. The van der Waals surface area contributed by atoms with Gasteiger partial charge in [0.2, 0.25) is 15.9 Å². The van der Waals surface area contributed by atoms with Gasteiger partial charge in [0.25, 0.3) is 0 Å². The lowest BCUT2D eigenvalue weighted by atomic mass is 10.0. The van der Waals surface area contributed by atoms with Crippen LogP contribution in [0.2, 0.25) is 0 Å². The number of benzene rings is 1. The molecule has 1 aromatic rings. The summed E-state index contributed by atoms with van der Waals surface area (Å²) in [5.41, 5.74) is 1.82. The molecule has 6 nitrogen and oxygen atoms in total. The van der Waals surface area contributed by atoms with E-state index in [0.29, 0.717) is 6.54 Å². The number of halogens is 1. The summed E-state index contributed by atoms with van der Waals surface area (Å²) in [7, 11) is -3.38. The number of rotatable bonds is 5. The van der Waals surface area contributed by atoms with Crippen LogP contribution in [0.4, 0.5) is 10.1 Å². The Morgan fingerprint density at radius 3 is 2.83 bits per heavy atom. The molecule has 1 aliphatic rings. The lowest BCUT2D eigenvalue weighted by molar-refractivity contribution is -0.120. The summed E-state index contributed by atoms with van der Waals surface area (Å²) in [6.07, 6.45) is 2.75. The number of hydrogen-bond acceptors (Lipinski definition) is 4. The first-order valence-corrected chi connectivity index (χ1v) is 9.39. The van der Waals surface area contributed by atoms with E-state index >= 15 is 0 Å². The van der Waals surface area contributed by atoms with E-state index in [1.165, 1.54) is 12.1 Å². The first kappa shape index (κ1) is 17.7. The molecule has 8 heteroatoms. The maximum absolute atomic E-state index is 13.2. The van der Waals surface area contributed by atoms with Crippen molar-refractivity contribution in [3.8, 4) is 0 Å². The van der Waals surface area contributed by atoms with Crippen molar-refractivity contribution in [2.75, 3.05) is 30.8 Å². The predicted molar refractivity (Wildman–Crippen MR) is 87.4 cm³/mol. The highest BCUT2D eigenvalue weighted by molar-refractivity contribution is 7.88. The molecular weight excluding hydrogens is 321 g/mol. The Labute approximate surface area is 136 Å². The Hall–Kier alpha value is -1.67. The van der Waals surface area contributed by atoms with Crippen molar-refractivity contribution in [1.82, 2.24) is 10.0 Å². The topological polar surface area (TPSA) is 78.5 Å². The molecule has 0 aliphatic carbocycles. The van der Waals surface area contributed by atoms with Crippen LogP contribution in [-0.2, 0) is 14.8 Å². The second-order valence-electron chi connectivity index (χ2n) is 5.88. The number of amides is 1. The van der Waals surface area contributed by atoms with Crippen molar-refractivity contribution in [2.24, 2.45) is 0 Å².